The Morgan fingerprint density at radius 1 is 1.12 bits per heavy atom. The number of likely N-dealkylation sites (tertiary alicyclic amines) is 1. The number of ether oxygens (including phenoxy) is 3. The lowest BCUT2D eigenvalue weighted by Gasteiger charge is -2.25. The molecule has 2 heterocycles. The van der Waals surface area contributed by atoms with E-state index in [1.54, 1.807) is 7.11 Å². The smallest absolute Gasteiger partial charge is 0.298 e. The molecule has 0 saturated carbocycles. The molecule has 4 rings (SSSR count). The molecule has 2 aromatic rings. The monoisotopic (exact) mass is 441 g/mol. The number of carbonyl (C=O) groups is 1. The van der Waals surface area contributed by atoms with Gasteiger partial charge in [0.25, 0.3) is 6.47 Å². The van der Waals surface area contributed by atoms with E-state index in [-0.39, 0.29) is 6.04 Å². The van der Waals surface area contributed by atoms with E-state index < -0.39 is 0 Å². The molecule has 7 nitrogen and oxygen atoms in total. The molecule has 32 heavy (non-hydrogen) atoms. The predicted molar refractivity (Wildman–Crippen MR) is 126 cm³/mol. The molecule has 0 unspecified atom stereocenters. The fraction of sp³-hybridized carbons (Fsp3) is 0.600. The number of hydrogen-bond acceptors (Lipinski definition) is 7. The van der Waals surface area contributed by atoms with Gasteiger partial charge in [0.1, 0.15) is 5.82 Å². The van der Waals surface area contributed by atoms with E-state index in [2.05, 4.69) is 24.1 Å². The molecule has 0 amide bonds. The van der Waals surface area contributed by atoms with Gasteiger partial charge < -0.3 is 24.4 Å². The van der Waals surface area contributed by atoms with Gasteiger partial charge in [0.05, 0.1) is 24.6 Å². The number of fused-ring (bicyclic) bond motifs is 3. The first-order valence-electron chi connectivity index (χ1n) is 11.9. The minimum atomic E-state index is 0.274. The molecule has 0 spiro atoms. The molecule has 0 atom stereocenters. The van der Waals surface area contributed by atoms with Crippen molar-refractivity contribution in [2.24, 2.45) is 0 Å². The van der Waals surface area contributed by atoms with Crippen LogP contribution in [0.5, 0.6) is 17.2 Å². The van der Waals surface area contributed by atoms with Gasteiger partial charge in [-0.1, -0.05) is 0 Å². The molecule has 1 aliphatic carbocycles. The summed E-state index contributed by atoms with van der Waals surface area (Å²) in [7, 11) is 1.59. The molecule has 7 heteroatoms. The Labute approximate surface area is 190 Å². The van der Waals surface area contributed by atoms with Crippen molar-refractivity contribution in [3.63, 3.8) is 0 Å². The summed E-state index contributed by atoms with van der Waals surface area (Å²) in [6.07, 6.45) is 7.63. The quantitative estimate of drug-likeness (QED) is 0.434. The summed E-state index contributed by atoms with van der Waals surface area (Å²) in [5, 5.41) is 4.37. The first kappa shape index (κ1) is 22.6. The fourth-order valence-corrected chi connectivity index (χ4v) is 4.94. The van der Waals surface area contributed by atoms with Gasteiger partial charge in [-0.3, -0.25) is 4.79 Å². The van der Waals surface area contributed by atoms with Crippen molar-refractivity contribution >= 4 is 23.2 Å². The second kappa shape index (κ2) is 10.4. The van der Waals surface area contributed by atoms with Crippen LogP contribution in [0.15, 0.2) is 6.07 Å². The molecular weight excluding hydrogens is 406 g/mol. The van der Waals surface area contributed by atoms with Gasteiger partial charge in [-0.05, 0) is 83.0 Å². The highest BCUT2D eigenvalue weighted by Crippen LogP contribution is 2.47. The van der Waals surface area contributed by atoms with Gasteiger partial charge in [0, 0.05) is 18.7 Å². The zero-order valence-corrected chi connectivity index (χ0v) is 19.5. The first-order valence-corrected chi connectivity index (χ1v) is 11.9. The highest BCUT2D eigenvalue weighted by Gasteiger charge is 2.26. The zero-order valence-electron chi connectivity index (χ0n) is 19.5. The number of benzene rings is 1. The van der Waals surface area contributed by atoms with Crippen molar-refractivity contribution < 1.29 is 19.0 Å². The third kappa shape index (κ3) is 4.77. The van der Waals surface area contributed by atoms with E-state index in [1.165, 1.54) is 37.1 Å². The highest BCUT2D eigenvalue weighted by atomic mass is 16.6. The number of nitrogens with one attached hydrogen (secondary N) is 1. The van der Waals surface area contributed by atoms with Gasteiger partial charge in [0.2, 0.25) is 5.75 Å². The lowest BCUT2D eigenvalue weighted by Crippen LogP contribution is -2.22. The van der Waals surface area contributed by atoms with Crippen LogP contribution < -0.4 is 19.5 Å². The van der Waals surface area contributed by atoms with Gasteiger partial charge in [-0.25, -0.2) is 4.98 Å². The minimum absolute atomic E-state index is 0.274. The van der Waals surface area contributed by atoms with Crippen molar-refractivity contribution in [3.05, 3.63) is 17.2 Å². The molecule has 1 aliphatic heterocycles. The van der Waals surface area contributed by atoms with Crippen LogP contribution in [0, 0.1) is 0 Å². The van der Waals surface area contributed by atoms with Crippen LogP contribution in [0.25, 0.3) is 10.9 Å². The van der Waals surface area contributed by atoms with Gasteiger partial charge in [0.15, 0.2) is 11.5 Å². The van der Waals surface area contributed by atoms with E-state index in [9.17, 15) is 4.79 Å². The number of nitrogens with zero attached hydrogens (tertiary/aromatic N) is 2. The van der Waals surface area contributed by atoms with E-state index in [0.717, 1.165) is 55.4 Å². The highest BCUT2D eigenvalue weighted by molar-refractivity contribution is 5.96. The van der Waals surface area contributed by atoms with Crippen LogP contribution in [0.1, 0.15) is 57.1 Å². The Kier molecular flexibility index (Phi) is 7.35. The lowest BCUT2D eigenvalue weighted by molar-refractivity contribution is -0.120. The molecule has 1 aromatic heterocycles. The summed E-state index contributed by atoms with van der Waals surface area (Å²) in [6.45, 7) is 8.65. The van der Waals surface area contributed by atoms with Gasteiger partial charge in [-0.15, -0.1) is 0 Å². The Morgan fingerprint density at radius 2 is 1.88 bits per heavy atom. The first-order chi connectivity index (χ1) is 15.6. The Bertz CT molecular complexity index is 954. The topological polar surface area (TPSA) is 72.9 Å². The number of pyridine rings is 1. The van der Waals surface area contributed by atoms with Crippen LogP contribution in [0.2, 0.25) is 0 Å². The van der Waals surface area contributed by atoms with Crippen LogP contribution in [0.3, 0.4) is 0 Å². The lowest BCUT2D eigenvalue weighted by atomic mass is 9.88. The molecule has 1 saturated heterocycles. The Balaban J connectivity index is 1.72. The van der Waals surface area contributed by atoms with Gasteiger partial charge in [-0.2, -0.15) is 0 Å². The third-order valence-electron chi connectivity index (χ3n) is 6.34. The molecule has 2 aliphatic rings. The maximum absolute atomic E-state index is 11.4. The van der Waals surface area contributed by atoms with Crippen molar-refractivity contribution in [3.8, 4) is 17.2 Å². The van der Waals surface area contributed by atoms with Crippen molar-refractivity contribution in [1.82, 2.24) is 9.88 Å². The summed E-state index contributed by atoms with van der Waals surface area (Å²) >= 11 is 0. The second-order valence-corrected chi connectivity index (χ2v) is 9.02. The summed E-state index contributed by atoms with van der Waals surface area (Å²) in [5.74, 6) is 2.36. The van der Waals surface area contributed by atoms with Crippen LogP contribution in [0.4, 0.5) is 5.82 Å². The van der Waals surface area contributed by atoms with Gasteiger partial charge >= 0.3 is 0 Å². The number of aryl methyl sites for hydroxylation is 1. The molecule has 174 valence electrons. The number of methoxy groups -OCH3 is 1. The molecule has 0 bridgehead atoms. The minimum Gasteiger partial charge on any atom is -0.490 e. The molecule has 0 radical (unpaired) electrons. The maximum Gasteiger partial charge on any atom is 0.298 e. The van der Waals surface area contributed by atoms with Crippen molar-refractivity contribution in [2.75, 3.05) is 38.7 Å². The molecule has 1 fully saturated rings. The predicted octanol–water partition coefficient (Wildman–Crippen LogP) is 4.34. The maximum atomic E-state index is 11.4. The van der Waals surface area contributed by atoms with E-state index >= 15 is 0 Å². The summed E-state index contributed by atoms with van der Waals surface area (Å²) < 4.78 is 17.3. The third-order valence-corrected chi connectivity index (χ3v) is 6.34. The van der Waals surface area contributed by atoms with Crippen LogP contribution >= 0.6 is 0 Å². The number of carbonyl (C=O) groups excluding carboxylic acids is 1. The largest absolute Gasteiger partial charge is 0.490 e. The normalized spacial score (nSPS) is 16.2. The van der Waals surface area contributed by atoms with Crippen LogP contribution in [-0.2, 0) is 17.6 Å². The standard InChI is InChI=1S/C25H35N3O4/c1-17(2)26-25-19-10-5-4-9-18(19)22-20(27-25)15-21(23(30-3)24(22)32-16-29)31-14-8-13-28-11-6-7-12-28/h15-17H,4-14H2,1-3H3,(H,26,27). The zero-order chi connectivity index (χ0) is 22.5. The molecule has 1 aromatic carbocycles. The Hall–Kier alpha value is -2.54. The average molecular weight is 442 g/mol. The number of hydrogen-bond donors (Lipinski definition) is 1. The summed E-state index contributed by atoms with van der Waals surface area (Å²) in [6, 6.07) is 2.21. The van der Waals surface area contributed by atoms with Crippen LogP contribution in [-0.4, -0.2) is 55.7 Å². The SMILES string of the molecule is COc1c(OCCCN2CCCC2)cc2nc(NC(C)C)c3c(c2c1OC=O)CCCC3. The number of rotatable bonds is 10. The second-order valence-electron chi connectivity index (χ2n) is 9.02. The fourth-order valence-electron chi connectivity index (χ4n) is 4.94. The molecular formula is C25H35N3O4. The van der Waals surface area contributed by atoms with E-state index in [1.807, 2.05) is 6.07 Å². The average Bonchev–Trinajstić information content (AvgIpc) is 3.30. The number of aromatic nitrogens is 1. The summed E-state index contributed by atoms with van der Waals surface area (Å²) in [5.41, 5.74) is 3.18. The molecule has 1 N–H and O–H groups in total. The number of anilines is 1. The van der Waals surface area contributed by atoms with E-state index in [4.69, 9.17) is 19.2 Å². The van der Waals surface area contributed by atoms with E-state index in [0.29, 0.717) is 30.3 Å². The Morgan fingerprint density at radius 3 is 2.56 bits per heavy atom. The van der Waals surface area contributed by atoms with Crippen molar-refractivity contribution in [2.45, 2.75) is 64.8 Å². The summed E-state index contributed by atoms with van der Waals surface area (Å²) in [4.78, 5) is 18.8. The van der Waals surface area contributed by atoms with Crippen molar-refractivity contribution in [1.29, 1.82) is 0 Å².